The Morgan fingerprint density at radius 1 is 1.02 bits per heavy atom. The molecule has 2 atom stereocenters. The average Bonchev–Trinajstić information content (AvgIpc) is 3.21. The standard InChI is InChI=1S/C33H39N3O4/c1-2-3-19-33(22-30(37)38)21-28(36(32(33)39)20-7-10-24-8-5-4-6-9-24)23-40-29-17-15-26(16-18-29)25-11-13-27(14-12-25)31(34)35/h4-6,8-9,11-18,28H,2-3,7,10,19-23H2,1H3,(H3,34,35)(H,37,38)/t28-,33-/m0/s1. The third-order valence-corrected chi connectivity index (χ3v) is 7.81. The van der Waals surface area contributed by atoms with Crippen molar-refractivity contribution in [3.8, 4) is 16.9 Å². The fourth-order valence-electron chi connectivity index (χ4n) is 5.68. The second kappa shape index (κ2) is 13.3. The fraction of sp³-hybridized carbons (Fsp3) is 0.364. The van der Waals surface area contributed by atoms with Crippen LogP contribution in [0.4, 0.5) is 0 Å². The molecule has 3 aromatic rings. The van der Waals surface area contributed by atoms with Gasteiger partial charge in [0.25, 0.3) is 0 Å². The number of likely N-dealkylation sites (tertiary alicyclic amines) is 1. The van der Waals surface area contributed by atoms with E-state index >= 15 is 0 Å². The molecule has 1 aliphatic heterocycles. The highest BCUT2D eigenvalue weighted by Crippen LogP contribution is 2.44. The molecule has 0 radical (unpaired) electrons. The Morgan fingerprint density at radius 2 is 1.68 bits per heavy atom. The van der Waals surface area contributed by atoms with Gasteiger partial charge in [0.15, 0.2) is 0 Å². The summed E-state index contributed by atoms with van der Waals surface area (Å²) in [6, 6.07) is 25.3. The van der Waals surface area contributed by atoms with E-state index < -0.39 is 11.4 Å². The van der Waals surface area contributed by atoms with Crippen LogP contribution in [-0.4, -0.2) is 46.9 Å². The van der Waals surface area contributed by atoms with Crippen LogP contribution in [0.2, 0.25) is 0 Å². The molecule has 0 saturated carbocycles. The highest BCUT2D eigenvalue weighted by Gasteiger charge is 2.52. The van der Waals surface area contributed by atoms with Crippen molar-refractivity contribution < 1.29 is 19.4 Å². The van der Waals surface area contributed by atoms with Crippen molar-refractivity contribution in [1.29, 1.82) is 5.41 Å². The first-order valence-electron chi connectivity index (χ1n) is 14.1. The van der Waals surface area contributed by atoms with Crippen LogP contribution < -0.4 is 10.5 Å². The highest BCUT2D eigenvalue weighted by molar-refractivity contribution is 5.95. The van der Waals surface area contributed by atoms with Gasteiger partial charge in [-0.2, -0.15) is 0 Å². The van der Waals surface area contributed by atoms with Crippen LogP contribution in [0, 0.1) is 10.8 Å². The Bertz CT molecular complexity index is 1290. The van der Waals surface area contributed by atoms with Crippen molar-refractivity contribution in [3.63, 3.8) is 0 Å². The summed E-state index contributed by atoms with van der Waals surface area (Å²) in [5.74, 6) is -0.237. The highest BCUT2D eigenvalue weighted by atomic mass is 16.5. The largest absolute Gasteiger partial charge is 0.491 e. The summed E-state index contributed by atoms with van der Waals surface area (Å²) in [6.07, 6.45) is 4.32. The number of hydrogen-bond acceptors (Lipinski definition) is 4. The van der Waals surface area contributed by atoms with Crippen molar-refractivity contribution in [3.05, 3.63) is 90.0 Å². The van der Waals surface area contributed by atoms with Crippen molar-refractivity contribution in [2.24, 2.45) is 11.1 Å². The van der Waals surface area contributed by atoms with Gasteiger partial charge in [0.2, 0.25) is 5.91 Å². The first-order chi connectivity index (χ1) is 19.3. The quantitative estimate of drug-likeness (QED) is 0.173. The van der Waals surface area contributed by atoms with E-state index in [-0.39, 0.29) is 24.2 Å². The van der Waals surface area contributed by atoms with Crippen LogP contribution in [0.3, 0.4) is 0 Å². The number of amides is 1. The van der Waals surface area contributed by atoms with Gasteiger partial charge in [-0.1, -0.05) is 86.5 Å². The molecular formula is C33H39N3O4. The third kappa shape index (κ3) is 7.08. The first kappa shape index (κ1) is 28.9. The number of amidine groups is 1. The molecule has 1 heterocycles. The van der Waals surface area contributed by atoms with E-state index in [4.69, 9.17) is 15.9 Å². The maximum Gasteiger partial charge on any atom is 0.304 e. The number of nitrogens with one attached hydrogen (secondary N) is 1. The van der Waals surface area contributed by atoms with E-state index in [1.165, 1.54) is 5.56 Å². The summed E-state index contributed by atoms with van der Waals surface area (Å²) >= 11 is 0. The smallest absolute Gasteiger partial charge is 0.304 e. The molecule has 0 unspecified atom stereocenters. The summed E-state index contributed by atoms with van der Waals surface area (Å²) in [4.78, 5) is 27.5. The lowest BCUT2D eigenvalue weighted by molar-refractivity contribution is -0.147. The minimum absolute atomic E-state index is 0.0388. The summed E-state index contributed by atoms with van der Waals surface area (Å²) in [7, 11) is 0. The van der Waals surface area contributed by atoms with E-state index in [1.54, 1.807) is 0 Å². The molecule has 1 aliphatic rings. The van der Waals surface area contributed by atoms with Gasteiger partial charge in [-0.15, -0.1) is 0 Å². The van der Waals surface area contributed by atoms with Gasteiger partial charge in [-0.25, -0.2) is 0 Å². The second-order valence-corrected chi connectivity index (χ2v) is 10.7. The Balaban J connectivity index is 1.46. The molecule has 210 valence electrons. The number of aryl methyl sites for hydroxylation is 1. The minimum atomic E-state index is -0.929. The number of nitrogen functional groups attached to an aromatic ring is 1. The van der Waals surface area contributed by atoms with E-state index in [9.17, 15) is 14.7 Å². The number of nitrogens with zero attached hydrogens (tertiary/aromatic N) is 1. The second-order valence-electron chi connectivity index (χ2n) is 10.7. The van der Waals surface area contributed by atoms with Crippen LogP contribution in [-0.2, 0) is 16.0 Å². The summed E-state index contributed by atoms with van der Waals surface area (Å²) < 4.78 is 6.19. The predicted molar refractivity (Wildman–Crippen MR) is 157 cm³/mol. The van der Waals surface area contributed by atoms with Gasteiger partial charge >= 0.3 is 5.97 Å². The van der Waals surface area contributed by atoms with Gasteiger partial charge in [0.1, 0.15) is 18.2 Å². The molecule has 0 spiro atoms. The normalized spacial score (nSPS) is 18.6. The number of carboxylic acid groups (broad SMARTS) is 1. The number of hydrogen-bond donors (Lipinski definition) is 3. The molecule has 40 heavy (non-hydrogen) atoms. The number of carboxylic acids is 1. The van der Waals surface area contributed by atoms with Crippen molar-refractivity contribution >= 4 is 17.7 Å². The Labute approximate surface area is 236 Å². The van der Waals surface area contributed by atoms with E-state index in [0.29, 0.717) is 37.3 Å². The topological polar surface area (TPSA) is 117 Å². The van der Waals surface area contributed by atoms with Crippen molar-refractivity contribution in [2.45, 2.75) is 57.9 Å². The van der Waals surface area contributed by atoms with E-state index in [1.807, 2.05) is 71.6 Å². The number of unbranched alkanes of at least 4 members (excludes halogenated alkanes) is 1. The molecule has 1 amide bonds. The molecule has 7 heteroatoms. The maximum absolute atomic E-state index is 13.8. The molecule has 1 saturated heterocycles. The molecule has 7 nitrogen and oxygen atoms in total. The lowest BCUT2D eigenvalue weighted by atomic mass is 9.77. The Kier molecular flexibility index (Phi) is 9.59. The summed E-state index contributed by atoms with van der Waals surface area (Å²) in [5, 5.41) is 17.3. The molecule has 4 N–H and O–H groups in total. The number of benzene rings is 3. The third-order valence-electron chi connectivity index (χ3n) is 7.81. The zero-order valence-corrected chi connectivity index (χ0v) is 23.1. The molecule has 3 aromatic carbocycles. The van der Waals surface area contributed by atoms with Gasteiger partial charge in [-0.3, -0.25) is 15.0 Å². The zero-order chi connectivity index (χ0) is 28.5. The molecule has 1 fully saturated rings. The Morgan fingerprint density at radius 3 is 2.27 bits per heavy atom. The van der Waals surface area contributed by atoms with Crippen LogP contribution in [0.25, 0.3) is 11.1 Å². The van der Waals surface area contributed by atoms with Crippen molar-refractivity contribution in [1.82, 2.24) is 4.90 Å². The molecule has 4 rings (SSSR count). The lowest BCUT2D eigenvalue weighted by Gasteiger charge is -2.27. The van der Waals surface area contributed by atoms with E-state index in [0.717, 1.165) is 36.8 Å². The van der Waals surface area contributed by atoms with E-state index in [2.05, 4.69) is 19.1 Å². The summed E-state index contributed by atoms with van der Waals surface area (Å²) in [6.45, 7) is 2.95. The fourth-order valence-corrected chi connectivity index (χ4v) is 5.68. The summed E-state index contributed by atoms with van der Waals surface area (Å²) in [5.41, 5.74) is 8.61. The molecule has 0 aliphatic carbocycles. The SMILES string of the molecule is CCCC[C@@]1(CC(=O)O)C[C@@H](COc2ccc(-c3ccc(C(=N)N)cc3)cc2)N(CCCc2ccccc2)C1=O. The number of aliphatic carboxylic acids is 1. The van der Waals surface area contributed by atoms with Crippen LogP contribution in [0.15, 0.2) is 78.9 Å². The predicted octanol–water partition coefficient (Wildman–Crippen LogP) is 5.90. The number of ether oxygens (including phenoxy) is 1. The number of carbonyl (C=O) groups excluding carboxylic acids is 1. The number of rotatable bonds is 14. The van der Waals surface area contributed by atoms with Gasteiger partial charge in [-0.05, 0) is 54.5 Å². The number of carbonyl (C=O) groups is 2. The number of nitrogens with two attached hydrogens (primary N) is 1. The zero-order valence-electron chi connectivity index (χ0n) is 23.1. The maximum atomic E-state index is 13.8. The van der Waals surface area contributed by atoms with Crippen LogP contribution in [0.1, 0.15) is 56.6 Å². The molecule has 0 bridgehead atoms. The average molecular weight is 542 g/mol. The lowest BCUT2D eigenvalue weighted by Crippen LogP contribution is -2.40. The van der Waals surface area contributed by atoms with Crippen molar-refractivity contribution in [2.75, 3.05) is 13.2 Å². The van der Waals surface area contributed by atoms with Gasteiger partial charge < -0.3 is 20.5 Å². The van der Waals surface area contributed by atoms with Gasteiger partial charge in [0, 0.05) is 12.1 Å². The Hall–Kier alpha value is -4.13. The van der Waals surface area contributed by atoms with Crippen LogP contribution in [0.5, 0.6) is 5.75 Å². The molecule has 0 aromatic heterocycles. The molecular weight excluding hydrogens is 502 g/mol. The van der Waals surface area contributed by atoms with Gasteiger partial charge in [0.05, 0.1) is 17.9 Å². The van der Waals surface area contributed by atoms with Crippen LogP contribution >= 0.6 is 0 Å². The monoisotopic (exact) mass is 541 g/mol. The minimum Gasteiger partial charge on any atom is -0.491 e. The first-order valence-corrected chi connectivity index (χ1v) is 14.1.